The number of carbonyl (C=O) groups excluding carboxylic acids is 1. The molecule has 1 amide bonds. The van der Waals surface area contributed by atoms with Crippen molar-refractivity contribution in [2.45, 2.75) is 52.0 Å². The number of hydrogen-bond donors (Lipinski definition) is 2. The van der Waals surface area contributed by atoms with Gasteiger partial charge in [-0.15, -0.1) is 0 Å². The van der Waals surface area contributed by atoms with Gasteiger partial charge in [-0.25, -0.2) is 0 Å². The van der Waals surface area contributed by atoms with Crippen LogP contribution in [0.5, 0.6) is 0 Å². The van der Waals surface area contributed by atoms with Gasteiger partial charge in [0.2, 0.25) is 5.91 Å². The first kappa shape index (κ1) is 15.7. The van der Waals surface area contributed by atoms with Gasteiger partial charge in [0.1, 0.15) is 0 Å². The molecule has 0 radical (unpaired) electrons. The summed E-state index contributed by atoms with van der Waals surface area (Å²) in [7, 11) is 0. The lowest BCUT2D eigenvalue weighted by atomic mass is 9.85. The third kappa shape index (κ3) is 5.03. The number of amides is 1. The zero-order chi connectivity index (χ0) is 14.6. The van der Waals surface area contributed by atoms with Crippen LogP contribution < -0.4 is 11.5 Å². The van der Waals surface area contributed by atoms with Crippen LogP contribution in [0.15, 0.2) is 24.3 Å². The topological polar surface area (TPSA) is 69.1 Å². The van der Waals surface area contributed by atoms with E-state index >= 15 is 0 Å². The Labute approximate surface area is 116 Å². The molecule has 0 bridgehead atoms. The van der Waals surface area contributed by atoms with Crippen LogP contribution in [0.3, 0.4) is 0 Å². The lowest BCUT2D eigenvalue weighted by Gasteiger charge is -2.21. The van der Waals surface area contributed by atoms with Crippen LogP contribution in [-0.2, 0) is 10.2 Å². The number of nitrogens with two attached hydrogens (primary N) is 2. The molecule has 0 aliphatic carbocycles. The average Bonchev–Trinajstić information content (AvgIpc) is 2.26. The van der Waals surface area contributed by atoms with Crippen molar-refractivity contribution >= 4 is 5.91 Å². The van der Waals surface area contributed by atoms with Gasteiger partial charge in [-0.3, -0.25) is 4.79 Å². The first-order valence-electron chi connectivity index (χ1n) is 6.84. The first-order valence-corrected chi connectivity index (χ1v) is 6.84. The highest BCUT2D eigenvalue weighted by Gasteiger charge is 2.16. The van der Waals surface area contributed by atoms with Crippen LogP contribution in [-0.4, -0.2) is 5.91 Å². The molecule has 0 saturated carbocycles. The molecule has 106 valence electrons. The molecule has 0 aliphatic rings. The minimum Gasteiger partial charge on any atom is -0.370 e. The van der Waals surface area contributed by atoms with Crippen molar-refractivity contribution in [3.8, 4) is 0 Å². The van der Waals surface area contributed by atoms with Gasteiger partial charge in [-0.05, 0) is 28.9 Å². The quantitative estimate of drug-likeness (QED) is 0.856. The summed E-state index contributed by atoms with van der Waals surface area (Å²) in [5, 5.41) is 0. The summed E-state index contributed by atoms with van der Waals surface area (Å²) in [5.41, 5.74) is 13.9. The van der Waals surface area contributed by atoms with E-state index in [9.17, 15) is 4.79 Å². The predicted octanol–water partition coefficient (Wildman–Crippen LogP) is 2.89. The smallest absolute Gasteiger partial charge is 0.217 e. The van der Waals surface area contributed by atoms with Gasteiger partial charge in [0.05, 0.1) is 0 Å². The maximum Gasteiger partial charge on any atom is 0.217 e. The van der Waals surface area contributed by atoms with Crippen molar-refractivity contribution in [1.82, 2.24) is 0 Å². The largest absolute Gasteiger partial charge is 0.370 e. The lowest BCUT2D eigenvalue weighted by Crippen LogP contribution is -2.19. The van der Waals surface area contributed by atoms with E-state index in [4.69, 9.17) is 11.5 Å². The van der Waals surface area contributed by atoms with Gasteiger partial charge in [0, 0.05) is 12.5 Å². The van der Waals surface area contributed by atoms with E-state index in [2.05, 4.69) is 45.0 Å². The molecule has 0 heterocycles. The summed E-state index contributed by atoms with van der Waals surface area (Å²) in [4.78, 5) is 10.9. The van der Waals surface area contributed by atoms with Crippen LogP contribution in [0.25, 0.3) is 0 Å². The molecule has 0 spiro atoms. The van der Waals surface area contributed by atoms with Gasteiger partial charge in [0.25, 0.3) is 0 Å². The maximum atomic E-state index is 10.9. The second-order valence-electron chi connectivity index (χ2n) is 6.49. The Balaban J connectivity index is 2.68. The summed E-state index contributed by atoms with van der Waals surface area (Å²) in [6.07, 6.45) is 1.17. The number of rotatable bonds is 5. The van der Waals surface area contributed by atoms with E-state index in [1.54, 1.807) is 0 Å². The van der Waals surface area contributed by atoms with Crippen molar-refractivity contribution in [2.75, 3.05) is 0 Å². The molecule has 0 fully saturated rings. The second kappa shape index (κ2) is 6.20. The fraction of sp³-hybridized carbons (Fsp3) is 0.562. The molecule has 3 nitrogen and oxygen atoms in total. The molecule has 0 aromatic heterocycles. The van der Waals surface area contributed by atoms with Crippen molar-refractivity contribution < 1.29 is 4.79 Å². The standard InChI is InChI=1S/C16H26N2O/c1-11(10-15(18)19)9-14(17)12-5-7-13(8-6-12)16(2,3)4/h5-8,11,14H,9-10,17H2,1-4H3,(H2,18,19). The highest BCUT2D eigenvalue weighted by Crippen LogP contribution is 2.25. The fourth-order valence-corrected chi connectivity index (χ4v) is 2.23. The second-order valence-corrected chi connectivity index (χ2v) is 6.49. The first-order chi connectivity index (χ1) is 8.70. The SMILES string of the molecule is CC(CC(N)=O)CC(N)c1ccc(C(C)(C)C)cc1. The van der Waals surface area contributed by atoms with Gasteiger partial charge in [0.15, 0.2) is 0 Å². The molecule has 19 heavy (non-hydrogen) atoms. The van der Waals surface area contributed by atoms with Crippen LogP contribution in [0.2, 0.25) is 0 Å². The molecule has 2 unspecified atom stereocenters. The van der Waals surface area contributed by atoms with E-state index in [0.29, 0.717) is 6.42 Å². The molecule has 4 N–H and O–H groups in total. The van der Waals surface area contributed by atoms with Gasteiger partial charge in [-0.2, -0.15) is 0 Å². The third-order valence-corrected chi connectivity index (χ3v) is 3.41. The van der Waals surface area contributed by atoms with Crippen LogP contribution in [0, 0.1) is 5.92 Å². The molecular weight excluding hydrogens is 236 g/mol. The minimum absolute atomic E-state index is 0.0385. The van der Waals surface area contributed by atoms with Crippen LogP contribution in [0.4, 0.5) is 0 Å². The molecule has 1 aromatic carbocycles. The van der Waals surface area contributed by atoms with E-state index in [0.717, 1.165) is 12.0 Å². The molecular formula is C16H26N2O. The summed E-state index contributed by atoms with van der Waals surface area (Å²) >= 11 is 0. The zero-order valence-electron chi connectivity index (χ0n) is 12.4. The third-order valence-electron chi connectivity index (χ3n) is 3.41. The summed E-state index contributed by atoms with van der Waals surface area (Å²) in [6.45, 7) is 8.58. The summed E-state index contributed by atoms with van der Waals surface area (Å²) in [5.74, 6) is -0.0439. The van der Waals surface area contributed by atoms with Crippen LogP contribution >= 0.6 is 0 Å². The number of hydrogen-bond acceptors (Lipinski definition) is 2. The van der Waals surface area contributed by atoms with Gasteiger partial charge >= 0.3 is 0 Å². The fourth-order valence-electron chi connectivity index (χ4n) is 2.23. The van der Waals surface area contributed by atoms with E-state index < -0.39 is 0 Å². The van der Waals surface area contributed by atoms with E-state index in [1.807, 2.05) is 6.92 Å². The Morgan fingerprint density at radius 2 is 1.74 bits per heavy atom. The number of primary amides is 1. The predicted molar refractivity (Wildman–Crippen MR) is 79.7 cm³/mol. The Hall–Kier alpha value is -1.35. The monoisotopic (exact) mass is 262 g/mol. The Kier molecular flexibility index (Phi) is 5.12. The van der Waals surface area contributed by atoms with Crippen molar-refractivity contribution in [2.24, 2.45) is 17.4 Å². The Morgan fingerprint density at radius 1 is 1.21 bits per heavy atom. The average molecular weight is 262 g/mol. The molecule has 1 rings (SSSR count). The zero-order valence-corrected chi connectivity index (χ0v) is 12.4. The number of carbonyl (C=O) groups is 1. The molecule has 2 atom stereocenters. The van der Waals surface area contributed by atoms with Crippen molar-refractivity contribution in [3.63, 3.8) is 0 Å². The van der Waals surface area contributed by atoms with Gasteiger partial charge < -0.3 is 11.5 Å². The minimum atomic E-state index is -0.261. The molecule has 3 heteroatoms. The normalized spacial score (nSPS) is 15.0. The molecule has 0 aliphatic heterocycles. The molecule has 0 saturated heterocycles. The van der Waals surface area contributed by atoms with E-state index in [1.165, 1.54) is 5.56 Å². The van der Waals surface area contributed by atoms with E-state index in [-0.39, 0.29) is 23.3 Å². The Morgan fingerprint density at radius 3 is 2.16 bits per heavy atom. The van der Waals surface area contributed by atoms with Crippen LogP contribution in [0.1, 0.15) is 57.7 Å². The van der Waals surface area contributed by atoms with Crippen molar-refractivity contribution in [3.05, 3.63) is 35.4 Å². The highest BCUT2D eigenvalue weighted by molar-refractivity contribution is 5.73. The Bertz CT molecular complexity index is 417. The summed E-state index contributed by atoms with van der Waals surface area (Å²) in [6, 6.07) is 8.40. The number of benzene rings is 1. The van der Waals surface area contributed by atoms with Crippen molar-refractivity contribution in [1.29, 1.82) is 0 Å². The highest BCUT2D eigenvalue weighted by atomic mass is 16.1. The van der Waals surface area contributed by atoms with Gasteiger partial charge in [-0.1, -0.05) is 52.0 Å². The lowest BCUT2D eigenvalue weighted by molar-refractivity contribution is -0.118. The molecule has 1 aromatic rings. The summed E-state index contributed by atoms with van der Waals surface area (Å²) < 4.78 is 0. The maximum absolute atomic E-state index is 10.9.